The van der Waals surface area contributed by atoms with E-state index < -0.39 is 0 Å². The van der Waals surface area contributed by atoms with Crippen molar-refractivity contribution < 1.29 is 4.79 Å². The Balaban J connectivity index is 1.69. The van der Waals surface area contributed by atoms with E-state index in [1.807, 2.05) is 30.3 Å². The molecule has 1 amide bonds. The van der Waals surface area contributed by atoms with Gasteiger partial charge in [-0.3, -0.25) is 4.79 Å². The zero-order valence-corrected chi connectivity index (χ0v) is 10.9. The molecule has 1 fully saturated rings. The number of hydrogen-bond acceptors (Lipinski definition) is 2. The highest BCUT2D eigenvalue weighted by Gasteiger charge is 2.26. The first-order valence-corrected chi connectivity index (χ1v) is 6.75. The summed E-state index contributed by atoms with van der Waals surface area (Å²) in [4.78, 5) is 11.7. The van der Waals surface area contributed by atoms with Crippen LogP contribution in [0.25, 0.3) is 0 Å². The quantitative estimate of drug-likeness (QED) is 0.838. The largest absolute Gasteiger partial charge is 0.353 e. The second-order valence-corrected chi connectivity index (χ2v) is 5.40. The fourth-order valence-electron chi connectivity index (χ4n) is 2.47. The Bertz CT molecular complexity index is 385. The molecule has 0 saturated heterocycles. The number of hydrogen-bond donors (Lipinski definition) is 2. The van der Waals surface area contributed by atoms with Gasteiger partial charge in [-0.05, 0) is 30.7 Å². The van der Waals surface area contributed by atoms with E-state index in [0.29, 0.717) is 18.9 Å². The second-order valence-electron chi connectivity index (χ2n) is 5.40. The van der Waals surface area contributed by atoms with Crippen molar-refractivity contribution in [2.24, 2.45) is 11.7 Å². The average molecular weight is 246 g/mol. The summed E-state index contributed by atoms with van der Waals surface area (Å²) in [6.07, 6.45) is 3.46. The Morgan fingerprint density at radius 3 is 2.67 bits per heavy atom. The third-order valence-corrected chi connectivity index (χ3v) is 3.65. The SMILES string of the molecule is CC1CC(NC(=O)CCC(N)c2ccccc2)C1. The standard InChI is InChI=1S/C15H22N2O/c1-11-9-13(10-11)17-15(18)8-7-14(16)12-5-3-2-4-6-12/h2-6,11,13-14H,7-10,16H2,1H3,(H,17,18). The van der Waals surface area contributed by atoms with Gasteiger partial charge in [0, 0.05) is 18.5 Å². The van der Waals surface area contributed by atoms with Crippen molar-refractivity contribution in [3.8, 4) is 0 Å². The van der Waals surface area contributed by atoms with E-state index in [0.717, 1.165) is 24.3 Å². The molecule has 18 heavy (non-hydrogen) atoms. The molecule has 1 saturated carbocycles. The lowest BCUT2D eigenvalue weighted by Crippen LogP contribution is -2.43. The second kappa shape index (κ2) is 6.01. The van der Waals surface area contributed by atoms with Crippen LogP contribution in [0, 0.1) is 5.92 Å². The summed E-state index contributed by atoms with van der Waals surface area (Å²) < 4.78 is 0. The lowest BCUT2D eigenvalue weighted by Gasteiger charge is -2.33. The number of rotatable bonds is 5. The molecule has 3 N–H and O–H groups in total. The number of nitrogens with one attached hydrogen (secondary N) is 1. The van der Waals surface area contributed by atoms with Crippen LogP contribution in [-0.4, -0.2) is 11.9 Å². The summed E-state index contributed by atoms with van der Waals surface area (Å²) in [6.45, 7) is 2.22. The Morgan fingerprint density at radius 1 is 1.39 bits per heavy atom. The highest BCUT2D eigenvalue weighted by Crippen LogP contribution is 2.26. The number of carbonyl (C=O) groups is 1. The van der Waals surface area contributed by atoms with Crippen molar-refractivity contribution in [3.05, 3.63) is 35.9 Å². The fourth-order valence-corrected chi connectivity index (χ4v) is 2.47. The van der Waals surface area contributed by atoms with Gasteiger partial charge in [-0.2, -0.15) is 0 Å². The molecule has 1 unspecified atom stereocenters. The van der Waals surface area contributed by atoms with Crippen molar-refractivity contribution in [2.45, 2.75) is 44.7 Å². The van der Waals surface area contributed by atoms with Crippen molar-refractivity contribution in [1.29, 1.82) is 0 Å². The molecular weight excluding hydrogens is 224 g/mol. The smallest absolute Gasteiger partial charge is 0.220 e. The molecule has 3 nitrogen and oxygen atoms in total. The molecule has 1 aromatic rings. The topological polar surface area (TPSA) is 55.1 Å². The zero-order valence-electron chi connectivity index (χ0n) is 10.9. The van der Waals surface area contributed by atoms with Gasteiger partial charge in [0.25, 0.3) is 0 Å². The van der Waals surface area contributed by atoms with Crippen LogP contribution in [-0.2, 0) is 4.79 Å². The van der Waals surface area contributed by atoms with Gasteiger partial charge in [0.1, 0.15) is 0 Å². The molecule has 3 heteroatoms. The highest BCUT2D eigenvalue weighted by atomic mass is 16.1. The van der Waals surface area contributed by atoms with Gasteiger partial charge in [0.2, 0.25) is 5.91 Å². The van der Waals surface area contributed by atoms with E-state index in [2.05, 4.69) is 12.2 Å². The van der Waals surface area contributed by atoms with Gasteiger partial charge in [0.05, 0.1) is 0 Å². The number of nitrogens with two attached hydrogens (primary N) is 1. The van der Waals surface area contributed by atoms with E-state index in [1.54, 1.807) is 0 Å². The average Bonchev–Trinajstić information content (AvgIpc) is 2.35. The van der Waals surface area contributed by atoms with Crippen LogP contribution < -0.4 is 11.1 Å². The number of amides is 1. The fraction of sp³-hybridized carbons (Fsp3) is 0.533. The van der Waals surface area contributed by atoms with E-state index in [-0.39, 0.29) is 11.9 Å². The van der Waals surface area contributed by atoms with Crippen molar-refractivity contribution in [3.63, 3.8) is 0 Å². The molecule has 0 aliphatic heterocycles. The van der Waals surface area contributed by atoms with Crippen LogP contribution in [0.5, 0.6) is 0 Å². The van der Waals surface area contributed by atoms with E-state index in [4.69, 9.17) is 5.73 Å². The molecule has 1 aliphatic rings. The van der Waals surface area contributed by atoms with Crippen LogP contribution in [0.15, 0.2) is 30.3 Å². The minimum atomic E-state index is -0.0442. The van der Waals surface area contributed by atoms with Gasteiger partial charge in [-0.15, -0.1) is 0 Å². The molecule has 0 heterocycles. The maximum Gasteiger partial charge on any atom is 0.220 e. The Hall–Kier alpha value is -1.35. The van der Waals surface area contributed by atoms with E-state index in [1.165, 1.54) is 0 Å². The predicted molar refractivity (Wildman–Crippen MR) is 72.9 cm³/mol. The molecule has 0 bridgehead atoms. The van der Waals surface area contributed by atoms with Gasteiger partial charge in [0.15, 0.2) is 0 Å². The van der Waals surface area contributed by atoms with E-state index in [9.17, 15) is 4.79 Å². The summed E-state index contributed by atoms with van der Waals surface area (Å²) in [5.41, 5.74) is 7.16. The Morgan fingerprint density at radius 2 is 2.06 bits per heavy atom. The molecule has 1 aliphatic carbocycles. The van der Waals surface area contributed by atoms with E-state index >= 15 is 0 Å². The van der Waals surface area contributed by atoms with Crippen molar-refractivity contribution in [2.75, 3.05) is 0 Å². The normalized spacial score (nSPS) is 24.1. The Kier molecular flexibility index (Phi) is 4.37. The first-order valence-electron chi connectivity index (χ1n) is 6.75. The minimum Gasteiger partial charge on any atom is -0.353 e. The third kappa shape index (κ3) is 3.57. The van der Waals surface area contributed by atoms with Crippen LogP contribution in [0.3, 0.4) is 0 Å². The minimum absolute atomic E-state index is 0.0442. The monoisotopic (exact) mass is 246 g/mol. The summed E-state index contributed by atoms with van der Waals surface area (Å²) in [7, 11) is 0. The lowest BCUT2D eigenvalue weighted by molar-refractivity contribution is -0.122. The molecule has 0 spiro atoms. The zero-order chi connectivity index (χ0) is 13.0. The highest BCUT2D eigenvalue weighted by molar-refractivity contribution is 5.76. The van der Waals surface area contributed by atoms with Gasteiger partial charge < -0.3 is 11.1 Å². The molecule has 0 radical (unpaired) electrons. The lowest BCUT2D eigenvalue weighted by atomic mass is 9.82. The molecule has 1 aromatic carbocycles. The summed E-state index contributed by atoms with van der Waals surface area (Å²) in [5.74, 6) is 0.903. The van der Waals surface area contributed by atoms with Crippen LogP contribution >= 0.6 is 0 Å². The number of carbonyl (C=O) groups excluding carboxylic acids is 1. The molecule has 1 atom stereocenters. The van der Waals surface area contributed by atoms with Gasteiger partial charge in [-0.25, -0.2) is 0 Å². The summed E-state index contributed by atoms with van der Waals surface area (Å²) >= 11 is 0. The Labute approximate surface area is 109 Å². The maximum atomic E-state index is 11.7. The molecule has 2 rings (SSSR count). The van der Waals surface area contributed by atoms with Crippen molar-refractivity contribution in [1.82, 2.24) is 5.32 Å². The predicted octanol–water partition coefficient (Wildman–Crippen LogP) is 2.38. The van der Waals surface area contributed by atoms with Gasteiger partial charge >= 0.3 is 0 Å². The van der Waals surface area contributed by atoms with Gasteiger partial charge in [-0.1, -0.05) is 37.3 Å². The van der Waals surface area contributed by atoms with Crippen LogP contribution in [0.2, 0.25) is 0 Å². The number of benzene rings is 1. The molecule has 98 valence electrons. The first kappa shape index (κ1) is 13.1. The summed E-state index contributed by atoms with van der Waals surface area (Å²) in [5, 5.41) is 3.06. The summed E-state index contributed by atoms with van der Waals surface area (Å²) in [6, 6.07) is 10.3. The van der Waals surface area contributed by atoms with Crippen LogP contribution in [0.1, 0.15) is 44.2 Å². The molecule has 0 aromatic heterocycles. The maximum absolute atomic E-state index is 11.7. The van der Waals surface area contributed by atoms with Crippen molar-refractivity contribution >= 4 is 5.91 Å². The first-order chi connectivity index (χ1) is 8.65. The third-order valence-electron chi connectivity index (χ3n) is 3.65. The van der Waals surface area contributed by atoms with Crippen LogP contribution in [0.4, 0.5) is 0 Å². The molecular formula is C15H22N2O.